The Balaban J connectivity index is 1.53. The van der Waals surface area contributed by atoms with Gasteiger partial charge in [-0.05, 0) is 43.1 Å². The van der Waals surface area contributed by atoms with E-state index in [1.807, 2.05) is 0 Å². The second-order valence-electron chi connectivity index (χ2n) is 5.37. The zero-order valence-electron chi connectivity index (χ0n) is 9.98. The van der Waals surface area contributed by atoms with Crippen molar-refractivity contribution < 1.29 is 4.79 Å². The van der Waals surface area contributed by atoms with Gasteiger partial charge in [-0.3, -0.25) is 9.89 Å². The first-order valence-electron chi connectivity index (χ1n) is 6.62. The number of aromatic amines is 1. The number of carbonyl (C=O) groups is 1. The lowest BCUT2D eigenvalue weighted by Gasteiger charge is -2.18. The van der Waals surface area contributed by atoms with Crippen LogP contribution in [0.1, 0.15) is 42.6 Å². The van der Waals surface area contributed by atoms with Crippen molar-refractivity contribution in [3.05, 3.63) is 18.0 Å². The molecule has 3 atom stereocenters. The van der Waals surface area contributed by atoms with Gasteiger partial charge in [0.15, 0.2) is 0 Å². The molecule has 4 nitrogen and oxygen atoms in total. The van der Waals surface area contributed by atoms with E-state index in [2.05, 4.69) is 15.5 Å². The van der Waals surface area contributed by atoms with Crippen molar-refractivity contribution in [2.45, 2.75) is 32.1 Å². The minimum absolute atomic E-state index is 0.0241. The van der Waals surface area contributed by atoms with E-state index in [-0.39, 0.29) is 5.91 Å². The molecule has 2 aliphatic carbocycles. The minimum atomic E-state index is -0.0241. The van der Waals surface area contributed by atoms with Crippen LogP contribution in [0.15, 0.2) is 12.3 Å². The summed E-state index contributed by atoms with van der Waals surface area (Å²) < 4.78 is 0. The van der Waals surface area contributed by atoms with Crippen LogP contribution in [0.25, 0.3) is 0 Å². The van der Waals surface area contributed by atoms with Crippen LogP contribution in [0.2, 0.25) is 0 Å². The maximum absolute atomic E-state index is 11.8. The average molecular weight is 233 g/mol. The fourth-order valence-electron chi connectivity index (χ4n) is 3.64. The summed E-state index contributed by atoms with van der Waals surface area (Å²) in [6.45, 7) is 0.832. The number of hydrogen-bond acceptors (Lipinski definition) is 2. The fourth-order valence-corrected chi connectivity index (χ4v) is 3.64. The quantitative estimate of drug-likeness (QED) is 0.838. The molecule has 1 heterocycles. The van der Waals surface area contributed by atoms with Gasteiger partial charge in [0.1, 0.15) is 5.69 Å². The van der Waals surface area contributed by atoms with Crippen LogP contribution in [0.5, 0.6) is 0 Å². The standard InChI is InChI=1S/C13H19N3O/c17-13(12-6-7-15-16-12)14-8-10-5-4-9-2-1-3-11(9)10/h6-7,9-11H,1-5,8H2,(H,14,17)(H,15,16)/t9-,10+,11-/m0/s1. The third-order valence-corrected chi connectivity index (χ3v) is 4.50. The third-order valence-electron chi connectivity index (χ3n) is 4.50. The molecule has 1 aromatic rings. The highest BCUT2D eigenvalue weighted by atomic mass is 16.1. The van der Waals surface area contributed by atoms with E-state index in [4.69, 9.17) is 0 Å². The van der Waals surface area contributed by atoms with Crippen LogP contribution < -0.4 is 5.32 Å². The molecule has 1 amide bonds. The van der Waals surface area contributed by atoms with Gasteiger partial charge < -0.3 is 5.32 Å². The van der Waals surface area contributed by atoms with Crippen LogP contribution >= 0.6 is 0 Å². The van der Waals surface area contributed by atoms with Crippen LogP contribution in [0, 0.1) is 17.8 Å². The highest BCUT2D eigenvalue weighted by Gasteiger charge is 2.38. The van der Waals surface area contributed by atoms with Crippen molar-refractivity contribution in [1.82, 2.24) is 15.5 Å². The van der Waals surface area contributed by atoms with E-state index in [1.54, 1.807) is 12.3 Å². The van der Waals surface area contributed by atoms with Crippen molar-refractivity contribution in [3.8, 4) is 0 Å². The summed E-state index contributed by atoms with van der Waals surface area (Å²) in [5, 5.41) is 9.52. The second kappa shape index (κ2) is 4.51. The Bertz CT molecular complexity index is 387. The van der Waals surface area contributed by atoms with Crippen molar-refractivity contribution in [2.24, 2.45) is 17.8 Å². The van der Waals surface area contributed by atoms with Gasteiger partial charge in [0.05, 0.1) is 0 Å². The van der Waals surface area contributed by atoms with E-state index >= 15 is 0 Å². The van der Waals surface area contributed by atoms with Gasteiger partial charge in [0.25, 0.3) is 5.91 Å². The number of rotatable bonds is 3. The molecule has 0 unspecified atom stereocenters. The maximum atomic E-state index is 11.8. The first-order chi connectivity index (χ1) is 8.34. The number of amides is 1. The third kappa shape index (κ3) is 2.08. The molecule has 92 valence electrons. The summed E-state index contributed by atoms with van der Waals surface area (Å²) in [6.07, 6.45) is 8.44. The zero-order chi connectivity index (χ0) is 11.7. The normalized spacial score (nSPS) is 31.4. The van der Waals surface area contributed by atoms with E-state index in [0.29, 0.717) is 11.6 Å². The second-order valence-corrected chi connectivity index (χ2v) is 5.37. The van der Waals surface area contributed by atoms with Crippen LogP contribution in [-0.4, -0.2) is 22.6 Å². The van der Waals surface area contributed by atoms with E-state index < -0.39 is 0 Å². The SMILES string of the molecule is O=C(NC[C@H]1CC[C@@H]2CCC[C@@H]21)c1ccn[nH]1. The van der Waals surface area contributed by atoms with Gasteiger partial charge in [-0.1, -0.05) is 12.8 Å². The predicted molar refractivity (Wildman–Crippen MR) is 64.5 cm³/mol. The molecule has 2 N–H and O–H groups in total. The Morgan fingerprint density at radius 1 is 1.41 bits per heavy atom. The Morgan fingerprint density at radius 3 is 3.18 bits per heavy atom. The van der Waals surface area contributed by atoms with E-state index in [9.17, 15) is 4.79 Å². The predicted octanol–water partition coefficient (Wildman–Crippen LogP) is 1.97. The molecule has 2 fully saturated rings. The molecule has 4 heteroatoms. The molecule has 0 aliphatic heterocycles. The molecule has 0 spiro atoms. The Hall–Kier alpha value is -1.32. The number of fused-ring (bicyclic) bond motifs is 1. The fraction of sp³-hybridized carbons (Fsp3) is 0.692. The van der Waals surface area contributed by atoms with Crippen molar-refractivity contribution in [3.63, 3.8) is 0 Å². The number of hydrogen-bond donors (Lipinski definition) is 2. The largest absolute Gasteiger partial charge is 0.350 e. The van der Waals surface area contributed by atoms with Gasteiger partial charge in [0.2, 0.25) is 0 Å². The number of carbonyl (C=O) groups excluding carboxylic acids is 1. The highest BCUT2D eigenvalue weighted by Crippen LogP contribution is 2.47. The van der Waals surface area contributed by atoms with Gasteiger partial charge in [-0.15, -0.1) is 0 Å². The molecule has 0 radical (unpaired) electrons. The van der Waals surface area contributed by atoms with Crippen molar-refractivity contribution in [1.29, 1.82) is 0 Å². The van der Waals surface area contributed by atoms with Gasteiger partial charge in [-0.25, -0.2) is 0 Å². The van der Waals surface area contributed by atoms with Gasteiger partial charge in [-0.2, -0.15) is 5.10 Å². The van der Waals surface area contributed by atoms with Crippen LogP contribution in [-0.2, 0) is 0 Å². The van der Waals surface area contributed by atoms with Crippen LogP contribution in [0.3, 0.4) is 0 Å². The lowest BCUT2D eigenvalue weighted by molar-refractivity contribution is 0.0938. The zero-order valence-corrected chi connectivity index (χ0v) is 9.98. The summed E-state index contributed by atoms with van der Waals surface area (Å²) in [5.41, 5.74) is 0.561. The monoisotopic (exact) mass is 233 g/mol. The molecule has 0 aromatic carbocycles. The number of aromatic nitrogens is 2. The Labute approximate surface area is 101 Å². The molecule has 0 bridgehead atoms. The van der Waals surface area contributed by atoms with E-state index in [1.165, 1.54) is 32.1 Å². The summed E-state index contributed by atoms with van der Waals surface area (Å²) >= 11 is 0. The molecule has 3 rings (SSSR count). The first-order valence-corrected chi connectivity index (χ1v) is 6.62. The number of H-pyrrole nitrogens is 1. The Morgan fingerprint density at radius 2 is 2.35 bits per heavy atom. The lowest BCUT2D eigenvalue weighted by Crippen LogP contribution is -2.31. The van der Waals surface area contributed by atoms with Crippen molar-refractivity contribution in [2.75, 3.05) is 6.54 Å². The summed E-state index contributed by atoms with van der Waals surface area (Å²) in [7, 11) is 0. The summed E-state index contributed by atoms with van der Waals surface area (Å²) in [6, 6.07) is 1.71. The van der Waals surface area contributed by atoms with Gasteiger partial charge >= 0.3 is 0 Å². The molecular formula is C13H19N3O. The molecule has 2 saturated carbocycles. The number of nitrogens with zero attached hydrogens (tertiary/aromatic N) is 1. The Kier molecular flexibility index (Phi) is 2.87. The first kappa shape index (κ1) is 10.8. The number of nitrogens with one attached hydrogen (secondary N) is 2. The summed E-state index contributed by atoms with van der Waals surface area (Å²) in [4.78, 5) is 11.8. The molecule has 17 heavy (non-hydrogen) atoms. The van der Waals surface area contributed by atoms with E-state index in [0.717, 1.165) is 18.4 Å². The molecule has 2 aliphatic rings. The smallest absolute Gasteiger partial charge is 0.269 e. The summed E-state index contributed by atoms with van der Waals surface area (Å²) in [5.74, 6) is 2.50. The van der Waals surface area contributed by atoms with Crippen molar-refractivity contribution >= 4 is 5.91 Å². The lowest BCUT2D eigenvalue weighted by atomic mass is 9.92. The maximum Gasteiger partial charge on any atom is 0.269 e. The molecular weight excluding hydrogens is 214 g/mol. The highest BCUT2D eigenvalue weighted by molar-refractivity contribution is 5.92. The molecule has 0 saturated heterocycles. The van der Waals surface area contributed by atoms with Crippen LogP contribution in [0.4, 0.5) is 0 Å². The minimum Gasteiger partial charge on any atom is -0.350 e. The average Bonchev–Trinajstić information content (AvgIpc) is 3.03. The topological polar surface area (TPSA) is 57.8 Å². The molecule has 1 aromatic heterocycles. The van der Waals surface area contributed by atoms with Gasteiger partial charge in [0, 0.05) is 12.7 Å².